The van der Waals surface area contributed by atoms with Crippen molar-refractivity contribution in [1.29, 1.82) is 0 Å². The predicted octanol–water partition coefficient (Wildman–Crippen LogP) is 2.90. The zero-order valence-electron chi connectivity index (χ0n) is 19.2. The Morgan fingerprint density at radius 3 is 2.26 bits per heavy atom. The highest BCUT2D eigenvalue weighted by Crippen LogP contribution is 2.25. The summed E-state index contributed by atoms with van der Waals surface area (Å²) in [5, 5.41) is 0.336. The monoisotopic (exact) mass is 506 g/mol. The van der Waals surface area contributed by atoms with Crippen molar-refractivity contribution in [2.75, 3.05) is 19.6 Å². The van der Waals surface area contributed by atoms with E-state index in [1.54, 1.807) is 20.8 Å². The van der Waals surface area contributed by atoms with E-state index in [4.69, 9.17) is 16.3 Å². The zero-order chi connectivity index (χ0) is 25.1. The summed E-state index contributed by atoms with van der Waals surface area (Å²) >= 11 is 5.87. The van der Waals surface area contributed by atoms with Crippen LogP contribution in [0.15, 0.2) is 59.5 Å². The molecule has 1 saturated heterocycles. The molecule has 1 aliphatic heterocycles. The minimum Gasteiger partial charge on any atom is -0.459 e. The van der Waals surface area contributed by atoms with E-state index in [0.717, 1.165) is 5.56 Å². The number of halogens is 1. The summed E-state index contributed by atoms with van der Waals surface area (Å²) < 4.78 is 32.6. The molecular weight excluding hydrogens is 480 g/mol. The van der Waals surface area contributed by atoms with Gasteiger partial charge in [-0.2, -0.15) is 0 Å². The lowest BCUT2D eigenvalue weighted by atomic mass is 9.98. The summed E-state index contributed by atoms with van der Waals surface area (Å²) in [6.45, 7) is 3.91. The summed E-state index contributed by atoms with van der Waals surface area (Å²) in [7, 11) is -4.33. The molecule has 182 valence electrons. The van der Waals surface area contributed by atoms with Gasteiger partial charge in [-0.25, -0.2) is 12.7 Å². The second-order valence-corrected chi connectivity index (χ2v) is 11.3. The lowest BCUT2D eigenvalue weighted by molar-refractivity contribution is -0.158. The van der Waals surface area contributed by atoms with Crippen molar-refractivity contribution in [3.8, 4) is 0 Å². The standard InChI is InChI=1S/C24H27ClN2O6S/c1-24(2,3)33-22(29)16-26-14-18(13-17-7-5-4-6-8-17)23(30)27(15-21(26)28)34(31,32)20-11-9-19(25)10-12-20/h4-12,18H,13-16H2,1-3H3. The Kier molecular flexibility index (Phi) is 7.67. The molecule has 2 aromatic rings. The van der Waals surface area contributed by atoms with E-state index in [9.17, 15) is 22.8 Å². The Bertz CT molecular complexity index is 1160. The number of sulfonamides is 1. The smallest absolute Gasteiger partial charge is 0.326 e. The van der Waals surface area contributed by atoms with Gasteiger partial charge in [0.2, 0.25) is 11.8 Å². The van der Waals surface area contributed by atoms with Crippen molar-refractivity contribution in [1.82, 2.24) is 9.21 Å². The van der Waals surface area contributed by atoms with E-state index >= 15 is 0 Å². The number of hydrogen-bond donors (Lipinski definition) is 0. The lowest BCUT2D eigenvalue weighted by Crippen LogP contribution is -2.43. The van der Waals surface area contributed by atoms with Crippen molar-refractivity contribution in [3.05, 3.63) is 65.2 Å². The van der Waals surface area contributed by atoms with Gasteiger partial charge < -0.3 is 9.64 Å². The number of hydrogen-bond acceptors (Lipinski definition) is 6. The number of rotatable bonds is 6. The second-order valence-electron chi connectivity index (χ2n) is 9.05. The topological polar surface area (TPSA) is 101 Å². The Morgan fingerprint density at radius 2 is 1.68 bits per heavy atom. The van der Waals surface area contributed by atoms with E-state index in [2.05, 4.69) is 0 Å². The maximum atomic E-state index is 13.5. The van der Waals surface area contributed by atoms with Crippen LogP contribution in [0.1, 0.15) is 26.3 Å². The number of esters is 1. The molecule has 0 radical (unpaired) electrons. The third kappa shape index (κ3) is 6.36. The number of nitrogens with zero attached hydrogens (tertiary/aromatic N) is 2. The molecule has 1 aliphatic rings. The van der Waals surface area contributed by atoms with E-state index < -0.39 is 45.9 Å². The molecule has 3 rings (SSSR count). The van der Waals surface area contributed by atoms with Crippen LogP contribution in [-0.2, 0) is 35.6 Å². The summed E-state index contributed by atoms with van der Waals surface area (Å²) in [6.07, 6.45) is 0.199. The van der Waals surface area contributed by atoms with Crippen LogP contribution in [-0.4, -0.2) is 60.6 Å². The van der Waals surface area contributed by atoms with E-state index in [1.807, 2.05) is 30.3 Å². The molecule has 0 aliphatic carbocycles. The number of amides is 2. The van der Waals surface area contributed by atoms with Crippen LogP contribution in [0.5, 0.6) is 0 Å². The van der Waals surface area contributed by atoms with Crippen molar-refractivity contribution in [3.63, 3.8) is 0 Å². The summed E-state index contributed by atoms with van der Waals surface area (Å²) in [4.78, 5) is 40.0. The van der Waals surface area contributed by atoms with Gasteiger partial charge in [0.1, 0.15) is 18.7 Å². The fourth-order valence-electron chi connectivity index (χ4n) is 3.62. The van der Waals surface area contributed by atoms with Crippen LogP contribution in [0.2, 0.25) is 5.02 Å². The molecule has 1 fully saturated rings. The number of carbonyl (C=O) groups is 3. The summed E-state index contributed by atoms with van der Waals surface area (Å²) in [6, 6.07) is 14.4. The Balaban J connectivity index is 1.95. The third-order valence-corrected chi connectivity index (χ3v) is 7.14. The van der Waals surface area contributed by atoms with Crippen LogP contribution < -0.4 is 0 Å². The van der Waals surface area contributed by atoms with Crippen LogP contribution >= 0.6 is 11.6 Å². The predicted molar refractivity (Wildman–Crippen MR) is 126 cm³/mol. The largest absolute Gasteiger partial charge is 0.459 e. The molecule has 2 amide bonds. The summed E-state index contributed by atoms with van der Waals surface area (Å²) in [5.41, 5.74) is 0.0473. The van der Waals surface area contributed by atoms with Gasteiger partial charge in [0, 0.05) is 11.6 Å². The van der Waals surface area contributed by atoms with Crippen LogP contribution in [0.4, 0.5) is 0 Å². The van der Waals surface area contributed by atoms with Crippen molar-refractivity contribution in [2.24, 2.45) is 5.92 Å². The molecule has 2 aromatic carbocycles. The van der Waals surface area contributed by atoms with Crippen molar-refractivity contribution >= 4 is 39.4 Å². The Morgan fingerprint density at radius 1 is 1.06 bits per heavy atom. The first-order valence-corrected chi connectivity index (χ1v) is 12.5. The molecule has 1 unspecified atom stereocenters. The molecule has 10 heteroatoms. The molecule has 0 bridgehead atoms. The average Bonchev–Trinajstić information content (AvgIpc) is 2.86. The average molecular weight is 507 g/mol. The molecule has 1 atom stereocenters. The molecule has 1 heterocycles. The highest BCUT2D eigenvalue weighted by molar-refractivity contribution is 7.89. The zero-order valence-corrected chi connectivity index (χ0v) is 20.8. The first-order valence-electron chi connectivity index (χ1n) is 10.7. The minimum absolute atomic E-state index is 0.113. The Hall–Kier alpha value is -2.91. The quantitative estimate of drug-likeness (QED) is 0.558. The SMILES string of the molecule is CC(C)(C)OC(=O)CN1CC(Cc2ccccc2)C(=O)N(S(=O)(=O)c2ccc(Cl)cc2)CC1=O. The van der Waals surface area contributed by atoms with Gasteiger partial charge >= 0.3 is 5.97 Å². The molecule has 8 nitrogen and oxygen atoms in total. The number of benzene rings is 2. The normalized spacial score (nSPS) is 17.5. The second kappa shape index (κ2) is 10.1. The van der Waals surface area contributed by atoms with Crippen molar-refractivity contribution in [2.45, 2.75) is 37.7 Å². The fraction of sp³-hybridized carbons (Fsp3) is 0.375. The van der Waals surface area contributed by atoms with Gasteiger partial charge in [-0.05, 0) is 57.0 Å². The molecule has 0 saturated carbocycles. The van der Waals surface area contributed by atoms with Crippen LogP contribution in [0.25, 0.3) is 0 Å². The van der Waals surface area contributed by atoms with E-state index in [0.29, 0.717) is 9.33 Å². The van der Waals surface area contributed by atoms with Crippen molar-refractivity contribution < 1.29 is 27.5 Å². The summed E-state index contributed by atoms with van der Waals surface area (Å²) in [5.74, 6) is -2.88. The van der Waals surface area contributed by atoms with Crippen LogP contribution in [0.3, 0.4) is 0 Å². The molecule has 0 spiro atoms. The maximum Gasteiger partial charge on any atom is 0.326 e. The number of carbonyl (C=O) groups excluding carboxylic acids is 3. The fourth-order valence-corrected chi connectivity index (χ4v) is 5.15. The molecule has 0 N–H and O–H groups in total. The van der Waals surface area contributed by atoms with E-state index in [-0.39, 0.29) is 24.4 Å². The number of ether oxygens (including phenoxy) is 1. The molecule has 0 aromatic heterocycles. The Labute approximate surface area is 204 Å². The first kappa shape index (κ1) is 25.7. The van der Waals surface area contributed by atoms with Gasteiger partial charge in [-0.1, -0.05) is 41.9 Å². The maximum absolute atomic E-state index is 13.5. The van der Waals surface area contributed by atoms with Gasteiger partial charge in [0.15, 0.2) is 0 Å². The highest BCUT2D eigenvalue weighted by Gasteiger charge is 2.41. The van der Waals surface area contributed by atoms with Gasteiger partial charge in [-0.3, -0.25) is 14.4 Å². The molecule has 34 heavy (non-hydrogen) atoms. The molecular formula is C24H27ClN2O6S. The first-order chi connectivity index (χ1) is 15.9. The minimum atomic E-state index is -4.33. The van der Waals surface area contributed by atoms with E-state index in [1.165, 1.54) is 29.2 Å². The third-order valence-electron chi connectivity index (χ3n) is 5.13. The van der Waals surface area contributed by atoms with Gasteiger partial charge in [0.05, 0.1) is 10.8 Å². The lowest BCUT2D eigenvalue weighted by Gasteiger charge is -2.25. The van der Waals surface area contributed by atoms with Gasteiger partial charge in [-0.15, -0.1) is 0 Å². The van der Waals surface area contributed by atoms with Gasteiger partial charge in [0.25, 0.3) is 10.0 Å². The highest BCUT2D eigenvalue weighted by atomic mass is 35.5. The van der Waals surface area contributed by atoms with Crippen LogP contribution in [0, 0.1) is 5.92 Å².